The number of pyridine rings is 1. The van der Waals surface area contributed by atoms with Gasteiger partial charge in [-0.25, -0.2) is 9.97 Å². The van der Waals surface area contributed by atoms with Gasteiger partial charge >= 0.3 is 0 Å². The number of rotatable bonds is 4. The topological polar surface area (TPSA) is 50.7 Å². The first-order valence-electron chi connectivity index (χ1n) is 6.24. The normalized spacial score (nSPS) is 10.8. The number of halogens is 1. The summed E-state index contributed by atoms with van der Waals surface area (Å²) in [5, 5.41) is 3.11. The summed E-state index contributed by atoms with van der Waals surface area (Å²) in [5.41, 5.74) is 2.19. The van der Waals surface area contributed by atoms with Crippen molar-refractivity contribution in [3.05, 3.63) is 46.1 Å². The molecule has 0 saturated heterocycles. The first-order valence-corrected chi connectivity index (χ1v) is 7.04. The van der Waals surface area contributed by atoms with Gasteiger partial charge < -0.3 is 5.32 Å². The molecule has 5 heteroatoms. The molecule has 19 heavy (non-hydrogen) atoms. The van der Waals surface area contributed by atoms with E-state index < -0.39 is 0 Å². The Bertz CT molecular complexity index is 555. The van der Waals surface area contributed by atoms with E-state index in [0.29, 0.717) is 12.3 Å². The van der Waals surface area contributed by atoms with Crippen molar-refractivity contribution in [2.45, 2.75) is 26.2 Å². The highest BCUT2D eigenvalue weighted by Gasteiger charge is 2.14. The first-order chi connectivity index (χ1) is 9.11. The number of aromatic nitrogens is 3. The van der Waals surface area contributed by atoms with Crippen LogP contribution in [0.2, 0.25) is 0 Å². The second-order valence-corrected chi connectivity index (χ2v) is 5.42. The summed E-state index contributed by atoms with van der Waals surface area (Å²) in [7, 11) is 1.87. The van der Waals surface area contributed by atoms with Crippen molar-refractivity contribution in [2.24, 2.45) is 0 Å². The Balaban J connectivity index is 2.38. The molecular formula is C14H17BrN4. The lowest BCUT2D eigenvalue weighted by Crippen LogP contribution is -2.07. The molecule has 0 fully saturated rings. The van der Waals surface area contributed by atoms with Gasteiger partial charge in [-0.05, 0) is 39.5 Å². The predicted molar refractivity (Wildman–Crippen MR) is 80.4 cm³/mol. The van der Waals surface area contributed by atoms with Crippen LogP contribution in [0.25, 0.3) is 0 Å². The van der Waals surface area contributed by atoms with Crippen LogP contribution in [0.15, 0.2) is 29.0 Å². The van der Waals surface area contributed by atoms with E-state index in [1.54, 1.807) is 12.4 Å². The fourth-order valence-electron chi connectivity index (χ4n) is 1.82. The third kappa shape index (κ3) is 3.29. The monoisotopic (exact) mass is 320 g/mol. The van der Waals surface area contributed by atoms with Crippen molar-refractivity contribution in [3.8, 4) is 0 Å². The zero-order chi connectivity index (χ0) is 13.8. The lowest BCUT2D eigenvalue weighted by molar-refractivity contribution is 0.785. The summed E-state index contributed by atoms with van der Waals surface area (Å²) >= 11 is 3.56. The lowest BCUT2D eigenvalue weighted by atomic mass is 10.1. The van der Waals surface area contributed by atoms with Gasteiger partial charge in [-0.2, -0.15) is 0 Å². The molecule has 0 bridgehead atoms. The van der Waals surface area contributed by atoms with Gasteiger partial charge in [0, 0.05) is 25.9 Å². The molecule has 1 N–H and O–H groups in total. The van der Waals surface area contributed by atoms with E-state index in [0.717, 1.165) is 27.4 Å². The van der Waals surface area contributed by atoms with E-state index in [1.807, 2.05) is 19.2 Å². The molecule has 100 valence electrons. The van der Waals surface area contributed by atoms with Crippen molar-refractivity contribution < 1.29 is 0 Å². The van der Waals surface area contributed by atoms with Gasteiger partial charge in [0.2, 0.25) is 0 Å². The van der Waals surface area contributed by atoms with Crippen LogP contribution in [0.1, 0.15) is 36.8 Å². The highest BCUT2D eigenvalue weighted by Crippen LogP contribution is 2.28. The standard InChI is InChI=1S/C14H17BrN4/c1-9(2)13-12(15)14(16-3)19-11(18-13)8-10-4-6-17-7-5-10/h4-7,9H,8H2,1-3H3,(H,16,18,19). The van der Waals surface area contributed by atoms with Crippen molar-refractivity contribution in [2.75, 3.05) is 12.4 Å². The summed E-state index contributed by atoms with van der Waals surface area (Å²) in [6.45, 7) is 4.26. The largest absolute Gasteiger partial charge is 0.372 e. The van der Waals surface area contributed by atoms with Gasteiger partial charge in [-0.15, -0.1) is 0 Å². The molecule has 2 aromatic heterocycles. The molecule has 0 radical (unpaired) electrons. The van der Waals surface area contributed by atoms with Crippen molar-refractivity contribution in [3.63, 3.8) is 0 Å². The lowest BCUT2D eigenvalue weighted by Gasteiger charge is -2.13. The molecule has 4 nitrogen and oxygen atoms in total. The summed E-state index contributed by atoms with van der Waals surface area (Å²) in [6.07, 6.45) is 4.29. The Morgan fingerprint density at radius 2 is 1.89 bits per heavy atom. The SMILES string of the molecule is CNc1nc(Cc2ccncc2)nc(C(C)C)c1Br. The molecule has 0 aromatic carbocycles. The minimum absolute atomic E-state index is 0.348. The Morgan fingerprint density at radius 1 is 1.21 bits per heavy atom. The van der Waals surface area contributed by atoms with Gasteiger partial charge in [0.25, 0.3) is 0 Å². The Hall–Kier alpha value is -1.49. The number of hydrogen-bond donors (Lipinski definition) is 1. The third-order valence-electron chi connectivity index (χ3n) is 2.82. The second-order valence-electron chi connectivity index (χ2n) is 4.62. The molecule has 0 unspecified atom stereocenters. The van der Waals surface area contributed by atoms with Crippen LogP contribution in [0.5, 0.6) is 0 Å². The van der Waals surface area contributed by atoms with Crippen LogP contribution in [0, 0.1) is 0 Å². The van der Waals surface area contributed by atoms with Gasteiger partial charge in [0.05, 0.1) is 10.2 Å². The maximum atomic E-state index is 4.66. The molecule has 2 aromatic rings. The molecule has 0 saturated carbocycles. The maximum Gasteiger partial charge on any atom is 0.144 e. The molecule has 0 amide bonds. The molecule has 0 aliphatic rings. The second kappa shape index (κ2) is 6.10. The van der Waals surface area contributed by atoms with Crippen LogP contribution in [-0.2, 0) is 6.42 Å². The molecule has 2 rings (SSSR count). The van der Waals surface area contributed by atoms with Crippen LogP contribution in [-0.4, -0.2) is 22.0 Å². The number of hydrogen-bond acceptors (Lipinski definition) is 4. The van der Waals surface area contributed by atoms with Crippen molar-refractivity contribution >= 4 is 21.7 Å². The Morgan fingerprint density at radius 3 is 2.47 bits per heavy atom. The van der Waals surface area contributed by atoms with E-state index in [4.69, 9.17) is 0 Å². The third-order valence-corrected chi connectivity index (χ3v) is 3.60. The average Bonchev–Trinajstić information content (AvgIpc) is 2.41. The number of nitrogens with one attached hydrogen (secondary N) is 1. The average molecular weight is 321 g/mol. The Labute approximate surface area is 121 Å². The predicted octanol–water partition coefficient (Wildman–Crippen LogP) is 3.39. The fourth-order valence-corrected chi connectivity index (χ4v) is 2.66. The quantitative estimate of drug-likeness (QED) is 0.938. The van der Waals surface area contributed by atoms with Crippen LogP contribution < -0.4 is 5.32 Å². The van der Waals surface area contributed by atoms with E-state index in [2.05, 4.69) is 50.0 Å². The highest BCUT2D eigenvalue weighted by atomic mass is 79.9. The Kier molecular flexibility index (Phi) is 4.47. The summed E-state index contributed by atoms with van der Waals surface area (Å²) in [4.78, 5) is 13.2. The van der Waals surface area contributed by atoms with Crippen molar-refractivity contribution in [1.82, 2.24) is 15.0 Å². The van der Waals surface area contributed by atoms with Crippen LogP contribution >= 0.6 is 15.9 Å². The van der Waals surface area contributed by atoms with E-state index >= 15 is 0 Å². The minimum Gasteiger partial charge on any atom is -0.372 e. The highest BCUT2D eigenvalue weighted by molar-refractivity contribution is 9.10. The molecule has 0 atom stereocenters. The van der Waals surface area contributed by atoms with Crippen LogP contribution in [0.3, 0.4) is 0 Å². The molecule has 0 aliphatic carbocycles. The zero-order valence-electron chi connectivity index (χ0n) is 11.3. The van der Waals surface area contributed by atoms with E-state index in [9.17, 15) is 0 Å². The minimum atomic E-state index is 0.348. The van der Waals surface area contributed by atoms with Crippen LogP contribution in [0.4, 0.5) is 5.82 Å². The molecule has 2 heterocycles. The van der Waals surface area contributed by atoms with Gasteiger partial charge in [-0.1, -0.05) is 13.8 Å². The molecular weight excluding hydrogens is 304 g/mol. The smallest absolute Gasteiger partial charge is 0.144 e. The maximum absolute atomic E-state index is 4.66. The van der Waals surface area contributed by atoms with E-state index in [-0.39, 0.29) is 0 Å². The van der Waals surface area contributed by atoms with E-state index in [1.165, 1.54) is 0 Å². The van der Waals surface area contributed by atoms with Gasteiger partial charge in [0.1, 0.15) is 11.6 Å². The molecule has 0 spiro atoms. The summed E-state index contributed by atoms with van der Waals surface area (Å²) < 4.78 is 0.948. The summed E-state index contributed by atoms with van der Waals surface area (Å²) in [5.74, 6) is 2.01. The molecule has 0 aliphatic heterocycles. The van der Waals surface area contributed by atoms with Gasteiger partial charge in [-0.3, -0.25) is 4.98 Å². The number of anilines is 1. The number of nitrogens with zero attached hydrogens (tertiary/aromatic N) is 3. The zero-order valence-corrected chi connectivity index (χ0v) is 12.9. The van der Waals surface area contributed by atoms with Gasteiger partial charge in [0.15, 0.2) is 0 Å². The first kappa shape index (κ1) is 13.9. The van der Waals surface area contributed by atoms with Crippen molar-refractivity contribution in [1.29, 1.82) is 0 Å². The fraction of sp³-hybridized carbons (Fsp3) is 0.357. The summed E-state index contributed by atoms with van der Waals surface area (Å²) in [6, 6.07) is 3.97.